The molecule has 2 saturated heterocycles. The second-order valence-corrected chi connectivity index (χ2v) is 5.51. The number of nitrogens with one attached hydrogen (secondary N) is 2. The molecule has 2 N–H and O–H groups in total. The van der Waals surface area contributed by atoms with E-state index in [1.54, 1.807) is 0 Å². The Kier molecular flexibility index (Phi) is 3.69. The molecule has 0 radical (unpaired) electrons. The standard InChI is InChI=1S/C15H20N2O2/c18-15(19-10-11-4-2-1-3-5-11)17-14-8-12-6-7-13(14)16-9-12/h1-5,12-14,16H,6-10H2,(H,17,18)/t12-,13+,14-/m0/s1. The van der Waals surface area contributed by atoms with Crippen LogP contribution in [0.4, 0.5) is 4.79 Å². The Hall–Kier alpha value is -1.55. The van der Waals surface area contributed by atoms with Gasteiger partial charge in [0.25, 0.3) is 0 Å². The fraction of sp³-hybridized carbons (Fsp3) is 0.533. The van der Waals surface area contributed by atoms with Gasteiger partial charge in [0.15, 0.2) is 0 Å². The lowest BCUT2D eigenvalue weighted by atomic mass is 9.78. The second kappa shape index (κ2) is 5.61. The zero-order valence-corrected chi connectivity index (χ0v) is 11.0. The minimum atomic E-state index is -0.303. The largest absolute Gasteiger partial charge is 0.445 e. The zero-order valence-electron chi connectivity index (χ0n) is 11.0. The Morgan fingerprint density at radius 1 is 1.32 bits per heavy atom. The average Bonchev–Trinajstić information content (AvgIpc) is 2.47. The quantitative estimate of drug-likeness (QED) is 0.874. The molecular formula is C15H20N2O2. The van der Waals surface area contributed by atoms with Crippen molar-refractivity contribution in [1.29, 1.82) is 0 Å². The van der Waals surface area contributed by atoms with Gasteiger partial charge in [-0.1, -0.05) is 30.3 Å². The topological polar surface area (TPSA) is 50.4 Å². The summed E-state index contributed by atoms with van der Waals surface area (Å²) in [7, 11) is 0. The molecular weight excluding hydrogens is 240 g/mol. The predicted octanol–water partition coefficient (Wildman–Crippen LogP) is 2.05. The highest BCUT2D eigenvalue weighted by Crippen LogP contribution is 2.29. The van der Waals surface area contributed by atoms with Gasteiger partial charge in [-0.2, -0.15) is 0 Å². The van der Waals surface area contributed by atoms with Gasteiger partial charge in [0, 0.05) is 12.1 Å². The molecule has 1 aliphatic carbocycles. The van der Waals surface area contributed by atoms with Crippen molar-refractivity contribution in [3.05, 3.63) is 35.9 Å². The molecule has 1 aromatic carbocycles. The van der Waals surface area contributed by atoms with Crippen LogP contribution in [0.15, 0.2) is 30.3 Å². The molecule has 1 amide bonds. The van der Waals surface area contributed by atoms with Crippen molar-refractivity contribution in [2.45, 2.75) is 38.0 Å². The van der Waals surface area contributed by atoms with Gasteiger partial charge in [0.05, 0.1) is 0 Å². The molecule has 1 aromatic rings. The summed E-state index contributed by atoms with van der Waals surface area (Å²) in [6.07, 6.45) is 3.23. The highest BCUT2D eigenvalue weighted by molar-refractivity contribution is 5.67. The molecule has 1 saturated carbocycles. The van der Waals surface area contributed by atoms with Crippen LogP contribution in [0, 0.1) is 5.92 Å². The van der Waals surface area contributed by atoms with Gasteiger partial charge in [-0.3, -0.25) is 0 Å². The summed E-state index contributed by atoms with van der Waals surface area (Å²) < 4.78 is 5.26. The molecule has 3 aliphatic rings. The van der Waals surface area contributed by atoms with Crippen molar-refractivity contribution < 1.29 is 9.53 Å². The first-order valence-electron chi connectivity index (χ1n) is 7.02. The van der Waals surface area contributed by atoms with Gasteiger partial charge in [0.2, 0.25) is 0 Å². The number of amides is 1. The number of ether oxygens (including phenoxy) is 1. The summed E-state index contributed by atoms with van der Waals surface area (Å²) in [5.74, 6) is 0.712. The lowest BCUT2D eigenvalue weighted by Crippen LogP contribution is -2.59. The third-order valence-electron chi connectivity index (χ3n) is 4.14. The Morgan fingerprint density at radius 2 is 2.16 bits per heavy atom. The summed E-state index contributed by atoms with van der Waals surface area (Å²) in [5.41, 5.74) is 1.01. The highest BCUT2D eigenvalue weighted by atomic mass is 16.5. The summed E-state index contributed by atoms with van der Waals surface area (Å²) in [6.45, 7) is 1.43. The van der Waals surface area contributed by atoms with Gasteiger partial charge < -0.3 is 15.4 Å². The van der Waals surface area contributed by atoms with Crippen LogP contribution in [-0.4, -0.2) is 24.7 Å². The SMILES string of the molecule is O=C(N[C@H]1C[C@@H]2CC[C@H]1NC2)OCc1ccccc1. The number of fused-ring (bicyclic) bond motifs is 3. The number of hydrogen-bond donors (Lipinski definition) is 2. The maximum atomic E-state index is 11.8. The van der Waals surface area contributed by atoms with Crippen LogP contribution < -0.4 is 10.6 Å². The van der Waals surface area contributed by atoms with Crippen molar-refractivity contribution in [3.63, 3.8) is 0 Å². The fourth-order valence-electron chi connectivity index (χ4n) is 3.08. The molecule has 4 heteroatoms. The molecule has 2 bridgehead atoms. The highest BCUT2D eigenvalue weighted by Gasteiger charge is 2.36. The number of carbonyl (C=O) groups is 1. The van der Waals surface area contributed by atoms with Gasteiger partial charge in [0.1, 0.15) is 6.61 Å². The summed E-state index contributed by atoms with van der Waals surface area (Å²) >= 11 is 0. The third-order valence-corrected chi connectivity index (χ3v) is 4.14. The molecule has 2 aliphatic heterocycles. The maximum Gasteiger partial charge on any atom is 0.407 e. The molecule has 4 nitrogen and oxygen atoms in total. The first kappa shape index (κ1) is 12.5. The minimum absolute atomic E-state index is 0.232. The van der Waals surface area contributed by atoms with Crippen LogP contribution in [0.2, 0.25) is 0 Å². The number of carbonyl (C=O) groups excluding carboxylic acids is 1. The van der Waals surface area contributed by atoms with Crippen molar-refractivity contribution in [2.24, 2.45) is 5.92 Å². The van der Waals surface area contributed by atoms with E-state index in [1.165, 1.54) is 6.42 Å². The van der Waals surface area contributed by atoms with Crippen molar-refractivity contribution in [3.8, 4) is 0 Å². The van der Waals surface area contributed by atoms with E-state index in [0.29, 0.717) is 18.6 Å². The van der Waals surface area contributed by atoms with Gasteiger partial charge in [-0.15, -0.1) is 0 Å². The van der Waals surface area contributed by atoms with E-state index in [4.69, 9.17) is 4.74 Å². The molecule has 0 unspecified atom stereocenters. The van der Waals surface area contributed by atoms with Crippen LogP contribution in [0.3, 0.4) is 0 Å². The number of benzene rings is 1. The minimum Gasteiger partial charge on any atom is -0.445 e. The normalized spacial score (nSPS) is 28.9. The van der Waals surface area contributed by atoms with Crippen molar-refractivity contribution in [2.75, 3.05) is 6.54 Å². The predicted molar refractivity (Wildman–Crippen MR) is 72.7 cm³/mol. The Bertz CT molecular complexity index is 427. The van der Waals surface area contributed by atoms with E-state index in [0.717, 1.165) is 24.9 Å². The van der Waals surface area contributed by atoms with Gasteiger partial charge in [-0.05, 0) is 37.3 Å². The summed E-state index contributed by atoms with van der Waals surface area (Å²) in [4.78, 5) is 11.8. The Balaban J connectivity index is 1.46. The molecule has 3 atom stereocenters. The van der Waals surface area contributed by atoms with E-state index in [1.807, 2.05) is 30.3 Å². The monoisotopic (exact) mass is 260 g/mol. The second-order valence-electron chi connectivity index (χ2n) is 5.51. The number of hydrogen-bond acceptors (Lipinski definition) is 3. The molecule has 3 fully saturated rings. The van der Waals surface area contributed by atoms with Crippen LogP contribution in [0.25, 0.3) is 0 Å². The number of alkyl carbamates (subject to hydrolysis) is 1. The molecule has 2 heterocycles. The molecule has 19 heavy (non-hydrogen) atoms. The van der Waals surface area contributed by atoms with Crippen LogP contribution in [0.1, 0.15) is 24.8 Å². The third kappa shape index (κ3) is 3.07. The molecule has 4 rings (SSSR count). The Morgan fingerprint density at radius 3 is 2.79 bits per heavy atom. The van der Waals surface area contributed by atoms with E-state index >= 15 is 0 Å². The van der Waals surface area contributed by atoms with E-state index in [-0.39, 0.29) is 12.1 Å². The van der Waals surface area contributed by atoms with Crippen LogP contribution in [-0.2, 0) is 11.3 Å². The molecule has 0 spiro atoms. The number of piperidine rings is 2. The van der Waals surface area contributed by atoms with Gasteiger partial charge in [-0.25, -0.2) is 4.79 Å². The summed E-state index contributed by atoms with van der Waals surface area (Å²) in [6, 6.07) is 10.4. The molecule has 102 valence electrons. The molecule has 0 aromatic heterocycles. The zero-order chi connectivity index (χ0) is 13.1. The number of rotatable bonds is 3. The van der Waals surface area contributed by atoms with E-state index < -0.39 is 0 Å². The lowest BCUT2D eigenvalue weighted by molar-refractivity contribution is 0.113. The lowest BCUT2D eigenvalue weighted by Gasteiger charge is -2.43. The van der Waals surface area contributed by atoms with E-state index in [9.17, 15) is 4.79 Å². The summed E-state index contributed by atoms with van der Waals surface area (Å²) in [5, 5.41) is 6.47. The maximum absolute atomic E-state index is 11.8. The van der Waals surface area contributed by atoms with Crippen molar-refractivity contribution in [1.82, 2.24) is 10.6 Å². The fourth-order valence-corrected chi connectivity index (χ4v) is 3.08. The average molecular weight is 260 g/mol. The first-order valence-corrected chi connectivity index (χ1v) is 7.02. The smallest absolute Gasteiger partial charge is 0.407 e. The van der Waals surface area contributed by atoms with Gasteiger partial charge >= 0.3 is 6.09 Å². The van der Waals surface area contributed by atoms with E-state index in [2.05, 4.69) is 10.6 Å². The van der Waals surface area contributed by atoms with Crippen molar-refractivity contribution >= 4 is 6.09 Å². The van der Waals surface area contributed by atoms with Crippen LogP contribution >= 0.6 is 0 Å². The van der Waals surface area contributed by atoms with Crippen LogP contribution in [0.5, 0.6) is 0 Å². The first-order chi connectivity index (χ1) is 9.31. The Labute approximate surface area is 113 Å².